The molecule has 2 rings (SSSR count). The summed E-state index contributed by atoms with van der Waals surface area (Å²) in [5, 5.41) is 2.82. The molecule has 0 saturated heterocycles. The van der Waals surface area contributed by atoms with Gasteiger partial charge in [-0.15, -0.1) is 0 Å². The summed E-state index contributed by atoms with van der Waals surface area (Å²) < 4.78 is 5.50. The van der Waals surface area contributed by atoms with Crippen LogP contribution in [0.4, 0.5) is 0 Å². The molecule has 124 valence electrons. The van der Waals surface area contributed by atoms with Crippen molar-refractivity contribution in [1.82, 2.24) is 10.3 Å². The SMILES string of the molecule is CC[C@@H](NC(=O)CC[Si](C)(C)C)C(=O)c1nc2ccccc2o1. The normalized spacial score (nSPS) is 13.0. The minimum Gasteiger partial charge on any atom is -0.434 e. The average molecular weight is 332 g/mol. The van der Waals surface area contributed by atoms with E-state index in [0.29, 0.717) is 23.9 Å². The van der Waals surface area contributed by atoms with Crippen LogP contribution in [-0.2, 0) is 4.79 Å². The molecule has 1 N–H and O–H groups in total. The molecular formula is C17H24N2O3Si. The molecule has 1 heterocycles. The van der Waals surface area contributed by atoms with E-state index in [2.05, 4.69) is 29.9 Å². The maximum absolute atomic E-state index is 12.5. The van der Waals surface area contributed by atoms with Crippen LogP contribution in [0, 0.1) is 0 Å². The third-order valence-electron chi connectivity index (χ3n) is 3.67. The van der Waals surface area contributed by atoms with Crippen LogP contribution in [-0.4, -0.2) is 30.8 Å². The number of carbonyl (C=O) groups is 2. The first-order chi connectivity index (χ1) is 10.8. The minimum absolute atomic E-state index is 0.0588. The molecule has 0 aliphatic heterocycles. The van der Waals surface area contributed by atoms with Gasteiger partial charge in [-0.1, -0.05) is 38.7 Å². The first-order valence-electron chi connectivity index (χ1n) is 7.99. The third kappa shape index (κ3) is 4.76. The Morgan fingerprint density at radius 3 is 2.57 bits per heavy atom. The number of amides is 1. The largest absolute Gasteiger partial charge is 0.434 e. The first-order valence-corrected chi connectivity index (χ1v) is 11.7. The molecule has 0 aliphatic rings. The van der Waals surface area contributed by atoms with E-state index >= 15 is 0 Å². The summed E-state index contributed by atoms with van der Waals surface area (Å²) in [5.74, 6) is -0.294. The smallest absolute Gasteiger partial charge is 0.266 e. The monoisotopic (exact) mass is 332 g/mol. The van der Waals surface area contributed by atoms with E-state index in [9.17, 15) is 9.59 Å². The Labute approximate surface area is 137 Å². The predicted octanol–water partition coefficient (Wildman–Crippen LogP) is 3.63. The lowest BCUT2D eigenvalue weighted by Crippen LogP contribution is -2.41. The number of ketones is 1. The van der Waals surface area contributed by atoms with E-state index in [0.717, 1.165) is 6.04 Å². The molecule has 0 unspecified atom stereocenters. The van der Waals surface area contributed by atoms with Crippen LogP contribution in [0.1, 0.15) is 30.5 Å². The molecule has 0 aliphatic carbocycles. The fourth-order valence-corrected chi connectivity index (χ4v) is 3.21. The van der Waals surface area contributed by atoms with Gasteiger partial charge in [-0.05, 0) is 24.6 Å². The highest BCUT2D eigenvalue weighted by Crippen LogP contribution is 2.17. The quantitative estimate of drug-likeness (QED) is 0.621. The van der Waals surface area contributed by atoms with Gasteiger partial charge in [-0.3, -0.25) is 9.59 Å². The molecule has 1 aromatic carbocycles. The van der Waals surface area contributed by atoms with Crippen LogP contribution in [0.15, 0.2) is 28.7 Å². The van der Waals surface area contributed by atoms with Gasteiger partial charge in [0.1, 0.15) is 5.52 Å². The zero-order valence-corrected chi connectivity index (χ0v) is 15.2. The molecule has 23 heavy (non-hydrogen) atoms. The number of para-hydroxylation sites is 2. The summed E-state index contributed by atoms with van der Waals surface area (Å²) in [6.07, 6.45) is 0.976. The van der Waals surface area contributed by atoms with Crippen LogP contribution in [0.5, 0.6) is 0 Å². The number of hydrogen-bond acceptors (Lipinski definition) is 4. The fraction of sp³-hybridized carbons (Fsp3) is 0.471. The molecule has 0 fully saturated rings. The standard InChI is InChI=1S/C17H24N2O3Si/c1-5-12(18-15(20)10-11-23(2,3)4)16(21)17-19-13-8-6-7-9-14(13)22-17/h6-9,12H,5,10-11H2,1-4H3,(H,18,20)/t12-/m1/s1. The van der Waals surface area contributed by atoms with E-state index < -0.39 is 14.1 Å². The van der Waals surface area contributed by atoms with Gasteiger partial charge in [0.25, 0.3) is 5.89 Å². The average Bonchev–Trinajstić information content (AvgIpc) is 2.93. The van der Waals surface area contributed by atoms with Crippen molar-refractivity contribution in [1.29, 1.82) is 0 Å². The molecular weight excluding hydrogens is 308 g/mol. The molecule has 0 saturated carbocycles. The number of oxazole rings is 1. The van der Waals surface area contributed by atoms with Crippen molar-refractivity contribution in [3.63, 3.8) is 0 Å². The van der Waals surface area contributed by atoms with Crippen molar-refractivity contribution in [2.75, 3.05) is 0 Å². The van der Waals surface area contributed by atoms with Gasteiger partial charge in [0.15, 0.2) is 5.58 Å². The molecule has 2 aromatic rings. The van der Waals surface area contributed by atoms with Crippen LogP contribution in [0.3, 0.4) is 0 Å². The van der Waals surface area contributed by atoms with Gasteiger partial charge in [0.2, 0.25) is 11.7 Å². The van der Waals surface area contributed by atoms with Crippen molar-refractivity contribution in [3.8, 4) is 0 Å². The van der Waals surface area contributed by atoms with Gasteiger partial charge >= 0.3 is 0 Å². The second kappa shape index (κ2) is 7.08. The third-order valence-corrected chi connectivity index (χ3v) is 5.42. The topological polar surface area (TPSA) is 72.2 Å². The molecule has 1 aromatic heterocycles. The van der Waals surface area contributed by atoms with Gasteiger partial charge in [-0.25, -0.2) is 4.98 Å². The lowest BCUT2D eigenvalue weighted by Gasteiger charge is -2.17. The lowest BCUT2D eigenvalue weighted by molar-refractivity contribution is -0.121. The van der Waals surface area contributed by atoms with E-state index in [1.54, 1.807) is 12.1 Å². The van der Waals surface area contributed by atoms with Crippen LogP contribution < -0.4 is 5.32 Å². The molecule has 1 atom stereocenters. The predicted molar refractivity (Wildman–Crippen MR) is 93.3 cm³/mol. The molecule has 6 heteroatoms. The first kappa shape index (κ1) is 17.4. The fourth-order valence-electron chi connectivity index (χ4n) is 2.23. The number of aromatic nitrogens is 1. The number of rotatable bonds is 7. The zero-order valence-electron chi connectivity index (χ0n) is 14.2. The molecule has 0 spiro atoms. The van der Waals surface area contributed by atoms with Crippen molar-refractivity contribution in [2.45, 2.75) is 51.5 Å². The number of benzene rings is 1. The minimum atomic E-state index is -1.27. The molecule has 1 amide bonds. The summed E-state index contributed by atoms with van der Waals surface area (Å²) in [4.78, 5) is 28.8. The number of nitrogens with zero attached hydrogens (tertiary/aromatic N) is 1. The maximum atomic E-state index is 12.5. The Bertz CT molecular complexity index is 670. The van der Waals surface area contributed by atoms with Crippen LogP contribution in [0.25, 0.3) is 11.1 Å². The summed E-state index contributed by atoms with van der Waals surface area (Å²) in [5.41, 5.74) is 1.23. The number of fused-ring (bicyclic) bond motifs is 1. The number of Topliss-reactive ketones (excluding diaryl/α,β-unsaturated/α-hetero) is 1. The Hall–Kier alpha value is -1.95. The molecule has 5 nitrogen and oxygen atoms in total. The second-order valence-corrected chi connectivity index (χ2v) is 12.6. The van der Waals surface area contributed by atoms with Crippen LogP contribution in [0.2, 0.25) is 25.7 Å². The highest BCUT2D eigenvalue weighted by molar-refractivity contribution is 6.76. The highest BCUT2D eigenvalue weighted by atomic mass is 28.3. The Morgan fingerprint density at radius 2 is 1.96 bits per heavy atom. The summed E-state index contributed by atoms with van der Waals surface area (Å²) in [6, 6.07) is 7.56. The number of nitrogens with one attached hydrogen (secondary N) is 1. The Kier molecular flexibility index (Phi) is 5.36. The van der Waals surface area contributed by atoms with Gasteiger partial charge in [0, 0.05) is 14.5 Å². The zero-order chi connectivity index (χ0) is 17.0. The molecule has 0 radical (unpaired) electrons. The van der Waals surface area contributed by atoms with Crippen molar-refractivity contribution in [3.05, 3.63) is 30.2 Å². The van der Waals surface area contributed by atoms with E-state index in [-0.39, 0.29) is 17.6 Å². The Morgan fingerprint density at radius 1 is 1.26 bits per heavy atom. The highest BCUT2D eigenvalue weighted by Gasteiger charge is 2.25. The van der Waals surface area contributed by atoms with E-state index in [1.807, 2.05) is 19.1 Å². The summed E-state index contributed by atoms with van der Waals surface area (Å²) >= 11 is 0. The maximum Gasteiger partial charge on any atom is 0.266 e. The van der Waals surface area contributed by atoms with Crippen molar-refractivity contribution < 1.29 is 14.0 Å². The number of hydrogen-bond donors (Lipinski definition) is 1. The summed E-state index contributed by atoms with van der Waals surface area (Å²) in [6.45, 7) is 8.53. The van der Waals surface area contributed by atoms with Gasteiger partial charge in [0.05, 0.1) is 6.04 Å². The van der Waals surface area contributed by atoms with Crippen molar-refractivity contribution in [2.24, 2.45) is 0 Å². The number of carbonyl (C=O) groups excluding carboxylic acids is 2. The van der Waals surface area contributed by atoms with Gasteiger partial charge in [-0.2, -0.15) is 0 Å². The van der Waals surface area contributed by atoms with Crippen LogP contribution >= 0.6 is 0 Å². The van der Waals surface area contributed by atoms with Crippen molar-refractivity contribution >= 4 is 30.9 Å². The van der Waals surface area contributed by atoms with Gasteiger partial charge < -0.3 is 9.73 Å². The lowest BCUT2D eigenvalue weighted by atomic mass is 10.1. The molecule has 0 bridgehead atoms. The second-order valence-electron chi connectivity index (χ2n) is 6.94. The van der Waals surface area contributed by atoms with E-state index in [1.165, 1.54) is 0 Å². The Balaban J connectivity index is 2.04. The summed E-state index contributed by atoms with van der Waals surface area (Å²) in [7, 11) is -1.27. The van der Waals surface area contributed by atoms with E-state index in [4.69, 9.17) is 4.42 Å².